The Bertz CT molecular complexity index is 251. The van der Waals surface area contributed by atoms with Crippen molar-refractivity contribution in [3.8, 4) is 0 Å². The monoisotopic (exact) mass is 194 g/mol. The highest BCUT2D eigenvalue weighted by molar-refractivity contribution is 7.45. The Morgan fingerprint density at radius 1 is 1.42 bits per heavy atom. The molecule has 1 aromatic rings. The summed E-state index contributed by atoms with van der Waals surface area (Å²) < 4.78 is 13.5. The summed E-state index contributed by atoms with van der Waals surface area (Å²) in [4.78, 5) is 31.3. The van der Waals surface area contributed by atoms with Crippen molar-refractivity contribution in [3.63, 3.8) is 0 Å². The Morgan fingerprint density at radius 3 is 2.08 bits per heavy atom. The van der Waals surface area contributed by atoms with Gasteiger partial charge in [-0.1, -0.05) is 0 Å². The van der Waals surface area contributed by atoms with Gasteiger partial charge >= 0.3 is 7.82 Å². The first-order valence-corrected chi connectivity index (χ1v) is 4.27. The van der Waals surface area contributed by atoms with E-state index in [2.05, 4.69) is 4.42 Å². The molecule has 0 aliphatic rings. The van der Waals surface area contributed by atoms with Crippen LogP contribution in [0.5, 0.6) is 0 Å². The molecule has 0 unspecified atom stereocenters. The number of furan rings is 1. The van der Waals surface area contributed by atoms with Crippen molar-refractivity contribution < 1.29 is 28.5 Å². The molecule has 0 radical (unpaired) electrons. The smallest absolute Gasteiger partial charge is 0.462 e. The average Bonchev–Trinajstić information content (AvgIpc) is 2.33. The predicted molar refractivity (Wildman–Crippen MR) is 38.4 cm³/mol. The number of carbonyl (C=O) groups is 1. The molecule has 68 valence electrons. The molecule has 0 saturated carbocycles. The number of phosphoric acid groups is 1. The lowest BCUT2D eigenvalue weighted by Gasteiger charge is -1.82. The maximum Gasteiger partial charge on any atom is 0.466 e. The minimum atomic E-state index is -4.64. The summed E-state index contributed by atoms with van der Waals surface area (Å²) in [7, 11) is -4.64. The summed E-state index contributed by atoms with van der Waals surface area (Å²) in [5, 5.41) is 0. The molecule has 0 bridgehead atoms. The van der Waals surface area contributed by atoms with Crippen molar-refractivity contribution >= 4 is 14.1 Å². The van der Waals surface area contributed by atoms with Gasteiger partial charge in [0.1, 0.15) is 0 Å². The molecule has 7 heteroatoms. The first-order valence-electron chi connectivity index (χ1n) is 2.70. The van der Waals surface area contributed by atoms with Gasteiger partial charge < -0.3 is 19.1 Å². The maximum atomic E-state index is 9.77. The van der Waals surface area contributed by atoms with E-state index in [1.807, 2.05) is 0 Å². The fourth-order valence-corrected chi connectivity index (χ4v) is 0.358. The molecule has 0 aromatic carbocycles. The first kappa shape index (κ1) is 11.1. The van der Waals surface area contributed by atoms with Gasteiger partial charge in [-0.15, -0.1) is 0 Å². The van der Waals surface area contributed by atoms with E-state index in [9.17, 15) is 4.79 Å². The number of carbonyl (C=O) groups excluding carboxylic acids is 1. The second-order valence-electron chi connectivity index (χ2n) is 1.65. The van der Waals surface area contributed by atoms with E-state index in [1.165, 1.54) is 6.26 Å². The summed E-state index contributed by atoms with van der Waals surface area (Å²) in [6, 6.07) is 3.27. The van der Waals surface area contributed by atoms with Gasteiger partial charge in [-0.05, 0) is 12.1 Å². The molecule has 1 aromatic heterocycles. The van der Waals surface area contributed by atoms with E-state index in [0.29, 0.717) is 12.0 Å². The zero-order chi connectivity index (χ0) is 9.61. The Kier molecular flexibility index (Phi) is 4.46. The van der Waals surface area contributed by atoms with Crippen molar-refractivity contribution in [3.05, 3.63) is 24.2 Å². The topological polar surface area (TPSA) is 108 Å². The Morgan fingerprint density at radius 2 is 1.92 bits per heavy atom. The molecule has 0 spiro atoms. The Labute approximate surface area is 67.7 Å². The molecule has 1 heterocycles. The standard InChI is InChI=1S/C5H4O2.H3O4P/c6-4-5-2-1-3-7-5;1-5(2,3)4/h1-4H;(H3,1,2,3,4). The van der Waals surface area contributed by atoms with Crippen molar-refractivity contribution in [1.82, 2.24) is 0 Å². The summed E-state index contributed by atoms with van der Waals surface area (Å²) in [6.07, 6.45) is 2.13. The largest absolute Gasteiger partial charge is 0.466 e. The number of hydrogen-bond donors (Lipinski definition) is 3. The van der Waals surface area contributed by atoms with Crippen LogP contribution < -0.4 is 0 Å². The molecule has 0 aliphatic carbocycles. The molecule has 0 fully saturated rings. The second kappa shape index (κ2) is 4.84. The molecule has 0 saturated heterocycles. The van der Waals surface area contributed by atoms with Crippen molar-refractivity contribution in [2.24, 2.45) is 0 Å². The van der Waals surface area contributed by atoms with Crippen LogP contribution in [0.25, 0.3) is 0 Å². The van der Waals surface area contributed by atoms with E-state index >= 15 is 0 Å². The average molecular weight is 194 g/mol. The van der Waals surface area contributed by atoms with Crippen LogP contribution in [0.3, 0.4) is 0 Å². The third-order valence-corrected chi connectivity index (χ3v) is 0.659. The molecule has 0 amide bonds. The van der Waals surface area contributed by atoms with Crippen LogP contribution in [0, 0.1) is 0 Å². The summed E-state index contributed by atoms with van der Waals surface area (Å²) >= 11 is 0. The predicted octanol–water partition coefficient (Wildman–Crippen LogP) is 0.163. The third kappa shape index (κ3) is 9.06. The molecule has 6 nitrogen and oxygen atoms in total. The molecular formula is C5H7O6P. The van der Waals surface area contributed by atoms with Gasteiger partial charge in [-0.2, -0.15) is 0 Å². The van der Waals surface area contributed by atoms with Crippen LogP contribution in [0.1, 0.15) is 10.6 Å². The SMILES string of the molecule is O=Cc1ccco1.O=P(O)(O)O. The van der Waals surface area contributed by atoms with Gasteiger partial charge in [-0.25, -0.2) is 4.57 Å². The van der Waals surface area contributed by atoms with Crippen molar-refractivity contribution in [2.45, 2.75) is 0 Å². The molecular weight excluding hydrogens is 187 g/mol. The van der Waals surface area contributed by atoms with Gasteiger partial charge in [0, 0.05) is 0 Å². The van der Waals surface area contributed by atoms with E-state index in [-0.39, 0.29) is 0 Å². The Balaban J connectivity index is 0.000000217. The highest BCUT2D eigenvalue weighted by Crippen LogP contribution is 2.25. The first-order chi connectivity index (χ1) is 5.43. The molecule has 1 rings (SSSR count). The fourth-order valence-electron chi connectivity index (χ4n) is 0.358. The van der Waals surface area contributed by atoms with E-state index in [4.69, 9.17) is 19.2 Å². The number of aldehydes is 1. The maximum absolute atomic E-state index is 9.77. The van der Waals surface area contributed by atoms with Gasteiger partial charge in [0.15, 0.2) is 12.0 Å². The van der Waals surface area contributed by atoms with Crippen molar-refractivity contribution in [1.29, 1.82) is 0 Å². The third-order valence-electron chi connectivity index (χ3n) is 0.659. The van der Waals surface area contributed by atoms with Crippen LogP contribution in [-0.2, 0) is 4.57 Å². The highest BCUT2D eigenvalue weighted by Gasteiger charge is 2.00. The second-order valence-corrected chi connectivity index (χ2v) is 2.67. The van der Waals surface area contributed by atoms with Crippen LogP contribution >= 0.6 is 7.82 Å². The van der Waals surface area contributed by atoms with Crippen LogP contribution in [-0.4, -0.2) is 21.0 Å². The van der Waals surface area contributed by atoms with Crippen LogP contribution in [0.15, 0.2) is 22.8 Å². The number of hydrogen-bond acceptors (Lipinski definition) is 3. The number of rotatable bonds is 1. The zero-order valence-electron chi connectivity index (χ0n) is 5.82. The van der Waals surface area contributed by atoms with Crippen molar-refractivity contribution in [2.75, 3.05) is 0 Å². The molecule has 3 N–H and O–H groups in total. The minimum absolute atomic E-state index is 0.375. The fraction of sp³-hybridized carbons (Fsp3) is 0. The normalized spacial score (nSPS) is 9.92. The van der Waals surface area contributed by atoms with E-state index in [0.717, 1.165) is 0 Å². The zero-order valence-corrected chi connectivity index (χ0v) is 6.72. The van der Waals surface area contributed by atoms with Gasteiger partial charge in [0.2, 0.25) is 0 Å². The van der Waals surface area contributed by atoms with Gasteiger partial charge in [-0.3, -0.25) is 4.79 Å². The van der Waals surface area contributed by atoms with Gasteiger partial charge in [0.05, 0.1) is 6.26 Å². The van der Waals surface area contributed by atoms with E-state index in [1.54, 1.807) is 12.1 Å². The van der Waals surface area contributed by atoms with E-state index < -0.39 is 7.82 Å². The lowest BCUT2D eigenvalue weighted by Crippen LogP contribution is -1.66. The molecule has 12 heavy (non-hydrogen) atoms. The van der Waals surface area contributed by atoms with Gasteiger partial charge in [0.25, 0.3) is 0 Å². The minimum Gasteiger partial charge on any atom is -0.462 e. The molecule has 0 atom stereocenters. The lowest BCUT2D eigenvalue weighted by atomic mass is 10.5. The molecule has 0 aliphatic heterocycles. The quantitative estimate of drug-likeness (QED) is 0.434. The summed E-state index contributed by atoms with van der Waals surface area (Å²) in [5.41, 5.74) is 0. The Hall–Kier alpha value is -0.940. The van der Waals surface area contributed by atoms with Crippen LogP contribution in [0.4, 0.5) is 0 Å². The highest BCUT2D eigenvalue weighted by atomic mass is 31.2. The van der Waals surface area contributed by atoms with Crippen LogP contribution in [0.2, 0.25) is 0 Å². The summed E-state index contributed by atoms with van der Waals surface area (Å²) in [5.74, 6) is 0.375. The summed E-state index contributed by atoms with van der Waals surface area (Å²) in [6.45, 7) is 0. The lowest BCUT2D eigenvalue weighted by molar-refractivity contribution is 0.110.